The maximum Gasteiger partial charge on any atom is 0.145 e. The first-order valence-electron chi connectivity index (χ1n) is 10.1. The van der Waals surface area contributed by atoms with Crippen molar-refractivity contribution in [1.82, 2.24) is 19.9 Å². The fourth-order valence-electron chi connectivity index (χ4n) is 3.59. The molecule has 29 heavy (non-hydrogen) atoms. The molecule has 3 aromatic heterocycles. The highest BCUT2D eigenvalue weighted by molar-refractivity contribution is 5.86. The highest BCUT2D eigenvalue weighted by Gasteiger charge is 2.36. The van der Waals surface area contributed by atoms with Gasteiger partial charge in [-0.05, 0) is 50.3 Å². The van der Waals surface area contributed by atoms with Gasteiger partial charge in [-0.3, -0.25) is 14.8 Å². The van der Waals surface area contributed by atoms with Gasteiger partial charge in [-0.2, -0.15) is 0 Å². The van der Waals surface area contributed by atoms with E-state index in [1.165, 1.54) is 0 Å². The molecule has 7 heteroatoms. The summed E-state index contributed by atoms with van der Waals surface area (Å²) in [6, 6.07) is 5.68. The average molecular weight is 391 g/mol. The van der Waals surface area contributed by atoms with Gasteiger partial charge in [-0.15, -0.1) is 0 Å². The van der Waals surface area contributed by atoms with Crippen molar-refractivity contribution in [1.29, 1.82) is 0 Å². The van der Waals surface area contributed by atoms with Gasteiger partial charge in [0.15, 0.2) is 0 Å². The summed E-state index contributed by atoms with van der Waals surface area (Å²) in [6.45, 7) is 0.250. The second-order valence-electron chi connectivity index (χ2n) is 8.13. The van der Waals surface area contributed by atoms with Gasteiger partial charge in [0.2, 0.25) is 0 Å². The van der Waals surface area contributed by atoms with Crippen LogP contribution >= 0.6 is 0 Å². The van der Waals surface area contributed by atoms with Crippen LogP contribution in [-0.2, 0) is 11.2 Å². The summed E-state index contributed by atoms with van der Waals surface area (Å²) in [6.07, 6.45) is 9.49. The van der Waals surface area contributed by atoms with Gasteiger partial charge in [-0.1, -0.05) is 0 Å². The van der Waals surface area contributed by atoms with Crippen molar-refractivity contribution in [2.24, 2.45) is 5.92 Å². The smallest absolute Gasteiger partial charge is 0.145 e. The van der Waals surface area contributed by atoms with Crippen molar-refractivity contribution in [3.05, 3.63) is 42.5 Å². The van der Waals surface area contributed by atoms with E-state index in [9.17, 15) is 9.18 Å². The molecule has 0 unspecified atom stereocenters. The van der Waals surface area contributed by atoms with E-state index in [1.54, 1.807) is 18.6 Å². The summed E-state index contributed by atoms with van der Waals surface area (Å²) in [7, 11) is 0. The Bertz CT molecular complexity index is 1080. The van der Waals surface area contributed by atoms with Crippen LogP contribution in [0.5, 0.6) is 0 Å². The summed E-state index contributed by atoms with van der Waals surface area (Å²) in [4.78, 5) is 29.9. The molecule has 0 atom stereocenters. The summed E-state index contributed by atoms with van der Waals surface area (Å²) >= 11 is 0. The maximum atomic E-state index is 14.2. The molecule has 2 aliphatic rings. The van der Waals surface area contributed by atoms with E-state index in [2.05, 4.69) is 20.3 Å². The normalized spacial score (nSPS) is 17.7. The molecule has 5 rings (SSSR count). The van der Waals surface area contributed by atoms with E-state index in [1.807, 2.05) is 18.2 Å². The Morgan fingerprint density at radius 3 is 2.76 bits per heavy atom. The molecule has 0 radical (unpaired) electrons. The Hall–Kier alpha value is -2.96. The van der Waals surface area contributed by atoms with Gasteiger partial charge >= 0.3 is 0 Å². The van der Waals surface area contributed by atoms with Gasteiger partial charge in [-0.25, -0.2) is 14.4 Å². The number of alkyl halides is 1. The van der Waals surface area contributed by atoms with Crippen molar-refractivity contribution in [3.63, 3.8) is 0 Å². The number of Topliss-reactive ketones (excluding diaryl/α,β-unsaturated/α-hetero) is 1. The molecule has 0 amide bonds. The van der Waals surface area contributed by atoms with Crippen LogP contribution in [0, 0.1) is 5.92 Å². The number of carbonyl (C=O) groups excluding carboxylic acids is 1. The largest absolute Gasteiger partial charge is 0.366 e. The number of rotatable bonds is 7. The Balaban J connectivity index is 1.37. The lowest BCUT2D eigenvalue weighted by Gasteiger charge is -2.33. The van der Waals surface area contributed by atoms with Crippen LogP contribution in [0.15, 0.2) is 36.8 Å². The zero-order valence-corrected chi connectivity index (χ0v) is 16.1. The Labute approximate surface area is 168 Å². The molecule has 3 aromatic rings. The number of carbonyl (C=O) groups is 1. The molecule has 0 aliphatic heterocycles. The Kier molecular flexibility index (Phi) is 4.45. The van der Waals surface area contributed by atoms with Crippen LogP contribution in [0.1, 0.15) is 37.8 Å². The first-order valence-corrected chi connectivity index (χ1v) is 10.1. The van der Waals surface area contributed by atoms with Gasteiger partial charge in [0.1, 0.15) is 23.0 Å². The number of hydrogen-bond acceptors (Lipinski definition) is 6. The van der Waals surface area contributed by atoms with Crippen LogP contribution < -0.4 is 5.32 Å². The molecule has 148 valence electrons. The number of anilines is 1. The summed E-state index contributed by atoms with van der Waals surface area (Å²) in [5.74, 6) is 1.02. The molecule has 0 aromatic carbocycles. The minimum Gasteiger partial charge on any atom is -0.366 e. The van der Waals surface area contributed by atoms with E-state index in [0.29, 0.717) is 36.5 Å². The third-order valence-corrected chi connectivity index (χ3v) is 5.75. The topological polar surface area (TPSA) is 80.7 Å². The number of halogens is 1. The zero-order valence-electron chi connectivity index (χ0n) is 16.1. The minimum atomic E-state index is -1.12. The van der Waals surface area contributed by atoms with Crippen LogP contribution in [0.3, 0.4) is 0 Å². The van der Waals surface area contributed by atoms with Gasteiger partial charge < -0.3 is 5.32 Å². The number of nitrogens with one attached hydrogen (secondary N) is 1. The first-order chi connectivity index (χ1) is 14.1. The fraction of sp³-hybridized carbons (Fsp3) is 0.409. The predicted octanol–water partition coefficient (Wildman–Crippen LogP) is 3.91. The fourth-order valence-corrected chi connectivity index (χ4v) is 3.59. The summed E-state index contributed by atoms with van der Waals surface area (Å²) in [5.41, 5.74) is 1.69. The Morgan fingerprint density at radius 1 is 1.14 bits per heavy atom. The molecule has 1 N–H and O–H groups in total. The third kappa shape index (κ3) is 3.95. The number of nitrogens with zero attached hydrogens (tertiary/aromatic N) is 4. The molecule has 2 fully saturated rings. The molecule has 2 aliphatic carbocycles. The van der Waals surface area contributed by atoms with E-state index in [4.69, 9.17) is 4.98 Å². The van der Waals surface area contributed by atoms with Crippen molar-refractivity contribution >= 4 is 22.5 Å². The summed E-state index contributed by atoms with van der Waals surface area (Å²) in [5, 5.41) is 3.96. The molecular formula is C22H22FN5O. The predicted molar refractivity (Wildman–Crippen MR) is 108 cm³/mol. The molecule has 3 heterocycles. The zero-order chi connectivity index (χ0) is 19.8. The average Bonchev–Trinajstić information content (AvgIpc) is 3.56. The SMILES string of the molecule is O=C(Cc1cc2nc(-c3cncc(NCC4(F)CCC4)n3)ccc2cn1)C1CC1. The van der Waals surface area contributed by atoms with Crippen molar-refractivity contribution in [2.75, 3.05) is 11.9 Å². The second kappa shape index (κ2) is 7.13. The molecular weight excluding hydrogens is 369 g/mol. The lowest BCUT2D eigenvalue weighted by Crippen LogP contribution is -2.39. The highest BCUT2D eigenvalue weighted by atomic mass is 19.1. The number of ketones is 1. The molecule has 2 saturated carbocycles. The Morgan fingerprint density at radius 2 is 2.00 bits per heavy atom. The van der Waals surface area contributed by atoms with Crippen LogP contribution in [-0.4, -0.2) is 37.9 Å². The van der Waals surface area contributed by atoms with E-state index < -0.39 is 5.67 Å². The maximum absolute atomic E-state index is 14.2. The molecule has 0 spiro atoms. The van der Waals surface area contributed by atoms with Crippen molar-refractivity contribution < 1.29 is 9.18 Å². The minimum absolute atomic E-state index is 0.223. The number of aromatic nitrogens is 4. The monoisotopic (exact) mass is 391 g/mol. The van der Waals surface area contributed by atoms with Crippen LogP contribution in [0.25, 0.3) is 22.3 Å². The summed E-state index contributed by atoms with van der Waals surface area (Å²) < 4.78 is 14.2. The van der Waals surface area contributed by atoms with E-state index in [0.717, 1.165) is 35.9 Å². The lowest BCUT2D eigenvalue weighted by atomic mass is 9.82. The van der Waals surface area contributed by atoms with Crippen molar-refractivity contribution in [3.8, 4) is 11.4 Å². The first kappa shape index (κ1) is 18.1. The van der Waals surface area contributed by atoms with Gasteiger partial charge in [0.25, 0.3) is 0 Å². The third-order valence-electron chi connectivity index (χ3n) is 5.75. The quantitative estimate of drug-likeness (QED) is 0.658. The molecule has 6 nitrogen and oxygen atoms in total. The van der Waals surface area contributed by atoms with Crippen LogP contribution in [0.4, 0.5) is 10.2 Å². The second-order valence-corrected chi connectivity index (χ2v) is 8.13. The lowest BCUT2D eigenvalue weighted by molar-refractivity contribution is -0.119. The number of fused-ring (bicyclic) bond motifs is 1. The number of hydrogen-bond donors (Lipinski definition) is 1. The highest BCUT2D eigenvalue weighted by Crippen LogP contribution is 2.35. The molecule has 0 saturated heterocycles. The van der Waals surface area contributed by atoms with Crippen molar-refractivity contribution in [2.45, 2.75) is 44.2 Å². The van der Waals surface area contributed by atoms with Crippen LogP contribution in [0.2, 0.25) is 0 Å². The standard InChI is InChI=1S/C22H22FN5O/c23-22(6-1-7-22)13-26-21-12-24-11-19(28-21)17-5-4-15-10-25-16(8-18(15)27-17)9-20(29)14-2-3-14/h4-5,8,10-12,14H,1-3,6-7,9,13H2,(H,26,28). The van der Waals surface area contributed by atoms with Gasteiger partial charge in [0.05, 0.1) is 30.1 Å². The number of pyridine rings is 2. The van der Waals surface area contributed by atoms with E-state index in [-0.39, 0.29) is 18.2 Å². The van der Waals surface area contributed by atoms with E-state index >= 15 is 0 Å². The molecule has 0 bridgehead atoms. The van der Waals surface area contributed by atoms with Gasteiger partial charge in [0, 0.05) is 29.6 Å².